The second-order valence-corrected chi connectivity index (χ2v) is 7.36. The van der Waals surface area contributed by atoms with Crippen LogP contribution in [-0.2, 0) is 4.74 Å². The Morgan fingerprint density at radius 3 is 2.50 bits per heavy atom. The van der Waals surface area contributed by atoms with Crippen LogP contribution in [0.4, 0.5) is 8.78 Å². The van der Waals surface area contributed by atoms with Crippen molar-refractivity contribution >= 4 is 33.2 Å². The van der Waals surface area contributed by atoms with Crippen molar-refractivity contribution in [3.05, 3.63) is 69.5 Å². The predicted molar refractivity (Wildman–Crippen MR) is 94.1 cm³/mol. The number of hydrogen-bond acceptors (Lipinski definition) is 3. The second-order valence-electron chi connectivity index (χ2n) is 4.93. The molecule has 0 radical (unpaired) electrons. The number of esters is 1. The Hall–Kier alpha value is -2.05. The van der Waals surface area contributed by atoms with Crippen molar-refractivity contribution in [1.82, 2.24) is 0 Å². The van der Waals surface area contributed by atoms with E-state index in [1.165, 1.54) is 30.6 Å². The molecule has 0 unspecified atom stereocenters. The lowest BCUT2D eigenvalue weighted by Gasteiger charge is -2.09. The van der Waals surface area contributed by atoms with Crippen LogP contribution in [0.25, 0.3) is 21.6 Å². The highest BCUT2D eigenvalue weighted by atomic mass is 79.9. The van der Waals surface area contributed by atoms with Crippen LogP contribution in [0.2, 0.25) is 0 Å². The zero-order valence-electron chi connectivity index (χ0n) is 12.5. The highest BCUT2D eigenvalue weighted by molar-refractivity contribution is 9.11. The SMILES string of the molecule is COC(=O)c1ccccc1-c1sc(Br)cc1-c1cccc(F)c1F. The zero-order valence-corrected chi connectivity index (χ0v) is 14.9. The molecule has 0 N–H and O–H groups in total. The van der Waals surface area contributed by atoms with Gasteiger partial charge in [-0.25, -0.2) is 13.6 Å². The molecule has 0 aliphatic heterocycles. The maximum atomic E-state index is 14.2. The summed E-state index contributed by atoms with van der Waals surface area (Å²) in [6.07, 6.45) is 0. The number of carbonyl (C=O) groups is 1. The molecule has 6 heteroatoms. The first kappa shape index (κ1) is 16.8. The summed E-state index contributed by atoms with van der Waals surface area (Å²) in [5.74, 6) is -2.32. The number of methoxy groups -OCH3 is 1. The maximum Gasteiger partial charge on any atom is 0.338 e. The van der Waals surface area contributed by atoms with Gasteiger partial charge in [0, 0.05) is 21.6 Å². The minimum absolute atomic E-state index is 0.145. The lowest BCUT2D eigenvalue weighted by molar-refractivity contribution is 0.0601. The molecule has 0 aliphatic carbocycles. The van der Waals surface area contributed by atoms with Crippen molar-refractivity contribution in [2.45, 2.75) is 0 Å². The quantitative estimate of drug-likeness (QED) is 0.503. The van der Waals surface area contributed by atoms with E-state index < -0.39 is 17.6 Å². The molecule has 0 aliphatic rings. The fourth-order valence-electron chi connectivity index (χ4n) is 2.44. The molecule has 0 fully saturated rings. The maximum absolute atomic E-state index is 14.2. The van der Waals surface area contributed by atoms with Crippen LogP contribution in [0, 0.1) is 11.6 Å². The summed E-state index contributed by atoms with van der Waals surface area (Å²) in [5, 5.41) is 0. The molecule has 1 heterocycles. The Balaban J connectivity index is 2.26. The Morgan fingerprint density at radius 2 is 1.75 bits per heavy atom. The number of ether oxygens (including phenoxy) is 1. The molecule has 3 rings (SSSR count). The third kappa shape index (κ3) is 2.99. The predicted octanol–water partition coefficient (Wildman–Crippen LogP) is 5.91. The number of carbonyl (C=O) groups excluding carboxylic acids is 1. The van der Waals surface area contributed by atoms with E-state index in [-0.39, 0.29) is 5.56 Å². The number of thiophene rings is 1. The Kier molecular flexibility index (Phi) is 4.78. The molecule has 2 nitrogen and oxygen atoms in total. The van der Waals surface area contributed by atoms with E-state index in [2.05, 4.69) is 15.9 Å². The normalized spacial score (nSPS) is 10.7. The van der Waals surface area contributed by atoms with Gasteiger partial charge < -0.3 is 4.74 Å². The first-order valence-corrected chi connectivity index (χ1v) is 8.55. The first-order chi connectivity index (χ1) is 11.5. The van der Waals surface area contributed by atoms with E-state index in [1.807, 2.05) is 0 Å². The van der Waals surface area contributed by atoms with E-state index in [0.717, 1.165) is 9.85 Å². The van der Waals surface area contributed by atoms with Gasteiger partial charge in [0.1, 0.15) is 0 Å². The Morgan fingerprint density at radius 1 is 1.04 bits per heavy atom. The first-order valence-electron chi connectivity index (χ1n) is 6.94. The van der Waals surface area contributed by atoms with Crippen LogP contribution in [0.5, 0.6) is 0 Å². The van der Waals surface area contributed by atoms with Gasteiger partial charge in [0.2, 0.25) is 0 Å². The third-order valence-corrected chi connectivity index (χ3v) is 5.19. The van der Waals surface area contributed by atoms with E-state index in [9.17, 15) is 13.6 Å². The molecule has 0 spiro atoms. The van der Waals surface area contributed by atoms with Crippen LogP contribution in [0.1, 0.15) is 10.4 Å². The number of benzene rings is 2. The van der Waals surface area contributed by atoms with Gasteiger partial charge in [-0.1, -0.05) is 30.3 Å². The monoisotopic (exact) mass is 408 g/mol. The van der Waals surface area contributed by atoms with Gasteiger partial charge in [0.15, 0.2) is 11.6 Å². The molecule has 122 valence electrons. The summed E-state index contributed by atoms with van der Waals surface area (Å²) in [7, 11) is 1.30. The van der Waals surface area contributed by atoms with Crippen LogP contribution < -0.4 is 0 Å². The molecule has 3 aromatic rings. The van der Waals surface area contributed by atoms with Gasteiger partial charge in [0.05, 0.1) is 16.5 Å². The fraction of sp³-hybridized carbons (Fsp3) is 0.0556. The highest BCUT2D eigenvalue weighted by Crippen LogP contribution is 2.43. The molecule has 1 aromatic heterocycles. The van der Waals surface area contributed by atoms with Gasteiger partial charge >= 0.3 is 5.97 Å². The fourth-order valence-corrected chi connectivity index (χ4v) is 4.10. The van der Waals surface area contributed by atoms with Crippen LogP contribution in [-0.4, -0.2) is 13.1 Å². The zero-order chi connectivity index (χ0) is 17.3. The van der Waals surface area contributed by atoms with E-state index in [1.54, 1.807) is 30.3 Å². The third-order valence-electron chi connectivity index (χ3n) is 3.52. The Bertz CT molecular complexity index is 921. The average Bonchev–Trinajstić information content (AvgIpc) is 2.98. The van der Waals surface area contributed by atoms with E-state index in [4.69, 9.17) is 4.74 Å². The summed E-state index contributed by atoms with van der Waals surface area (Å²) in [5.41, 5.74) is 1.64. The average molecular weight is 409 g/mol. The van der Waals surface area contributed by atoms with Gasteiger partial charge in [-0.15, -0.1) is 11.3 Å². The van der Waals surface area contributed by atoms with Crippen molar-refractivity contribution in [3.63, 3.8) is 0 Å². The number of rotatable bonds is 3. The van der Waals surface area contributed by atoms with E-state index in [0.29, 0.717) is 21.6 Å². The smallest absolute Gasteiger partial charge is 0.338 e. The summed E-state index contributed by atoms with van der Waals surface area (Å²) in [4.78, 5) is 12.7. The molecular formula is C18H11BrF2O2S. The summed E-state index contributed by atoms with van der Waals surface area (Å²) in [6, 6.07) is 12.6. The lowest BCUT2D eigenvalue weighted by atomic mass is 9.99. The molecule has 0 bridgehead atoms. The lowest BCUT2D eigenvalue weighted by Crippen LogP contribution is -2.03. The van der Waals surface area contributed by atoms with Gasteiger partial charge in [-0.2, -0.15) is 0 Å². The minimum atomic E-state index is -0.917. The van der Waals surface area contributed by atoms with Gasteiger partial charge in [0.25, 0.3) is 0 Å². The van der Waals surface area contributed by atoms with Crippen molar-refractivity contribution in [2.75, 3.05) is 7.11 Å². The van der Waals surface area contributed by atoms with E-state index >= 15 is 0 Å². The van der Waals surface area contributed by atoms with Crippen LogP contribution in [0.3, 0.4) is 0 Å². The van der Waals surface area contributed by atoms with Gasteiger partial charge in [-0.3, -0.25) is 0 Å². The number of halogens is 3. The minimum Gasteiger partial charge on any atom is -0.465 e. The molecule has 2 aromatic carbocycles. The van der Waals surface area contributed by atoms with Crippen LogP contribution in [0.15, 0.2) is 52.3 Å². The van der Waals surface area contributed by atoms with Crippen molar-refractivity contribution in [2.24, 2.45) is 0 Å². The highest BCUT2D eigenvalue weighted by Gasteiger charge is 2.21. The Labute approximate surface area is 149 Å². The van der Waals surface area contributed by atoms with Crippen molar-refractivity contribution in [3.8, 4) is 21.6 Å². The summed E-state index contributed by atoms with van der Waals surface area (Å²) >= 11 is 4.72. The summed E-state index contributed by atoms with van der Waals surface area (Å²) in [6.45, 7) is 0. The topological polar surface area (TPSA) is 26.3 Å². The second kappa shape index (κ2) is 6.83. The van der Waals surface area contributed by atoms with Crippen LogP contribution >= 0.6 is 27.3 Å². The van der Waals surface area contributed by atoms with Crippen molar-refractivity contribution in [1.29, 1.82) is 0 Å². The number of hydrogen-bond donors (Lipinski definition) is 0. The molecule has 0 saturated heterocycles. The van der Waals surface area contributed by atoms with Gasteiger partial charge in [-0.05, 0) is 34.1 Å². The molecule has 0 amide bonds. The molecular weight excluding hydrogens is 398 g/mol. The summed E-state index contributed by atoms with van der Waals surface area (Å²) < 4.78 is 33.4. The van der Waals surface area contributed by atoms with Crippen molar-refractivity contribution < 1.29 is 18.3 Å². The standard InChI is InChI=1S/C18H11BrF2O2S/c1-23-18(22)12-6-3-2-5-11(12)17-13(9-15(19)24-17)10-7-4-8-14(20)16(10)21/h2-9H,1H3. The largest absolute Gasteiger partial charge is 0.465 e. The molecule has 0 atom stereocenters. The molecule has 24 heavy (non-hydrogen) atoms. The molecule has 0 saturated carbocycles.